The van der Waals surface area contributed by atoms with Gasteiger partial charge in [-0.1, -0.05) is 12.8 Å². The van der Waals surface area contributed by atoms with Crippen molar-refractivity contribution in [3.05, 3.63) is 0 Å². The first-order valence-corrected chi connectivity index (χ1v) is 5.48. The van der Waals surface area contributed by atoms with Gasteiger partial charge >= 0.3 is 0 Å². The molecule has 0 radical (unpaired) electrons. The average Bonchev–Trinajstić information content (AvgIpc) is 2.22. The molecule has 2 heteroatoms. The van der Waals surface area contributed by atoms with Crippen molar-refractivity contribution in [1.82, 2.24) is 0 Å². The number of hydrogen-bond acceptors (Lipinski definition) is 2. The van der Waals surface area contributed by atoms with Gasteiger partial charge in [-0.25, -0.2) is 0 Å². The fourth-order valence-corrected chi connectivity index (χ4v) is 2.70. The third-order valence-electron chi connectivity index (χ3n) is 3.32. The van der Waals surface area contributed by atoms with Crippen LogP contribution >= 0.6 is 0 Å². The zero-order chi connectivity index (χ0) is 9.68. The van der Waals surface area contributed by atoms with E-state index in [1.165, 1.54) is 45.6 Å². The standard InChI is InChI=1S/C10H16O.CH5N/c11-10-7-3-5-8-4-1-2-6-9(8)10;1-2/h8-9H,1-7H2;2H2,1H3/t8-,9+;/m1./s1. The summed E-state index contributed by atoms with van der Waals surface area (Å²) < 4.78 is 0. The van der Waals surface area contributed by atoms with Gasteiger partial charge in [-0.2, -0.15) is 0 Å². The number of carbonyl (C=O) groups is 1. The molecule has 2 fully saturated rings. The van der Waals surface area contributed by atoms with Gasteiger partial charge in [0.1, 0.15) is 5.78 Å². The minimum atomic E-state index is 0.484. The molecule has 0 heterocycles. The zero-order valence-corrected chi connectivity index (χ0v) is 8.59. The van der Waals surface area contributed by atoms with Crippen LogP contribution in [0, 0.1) is 11.8 Å². The first kappa shape index (κ1) is 10.7. The fraction of sp³-hybridized carbons (Fsp3) is 0.909. The van der Waals surface area contributed by atoms with Gasteiger partial charge in [0.2, 0.25) is 0 Å². The highest BCUT2D eigenvalue weighted by atomic mass is 16.1. The Labute approximate surface area is 80.9 Å². The Balaban J connectivity index is 0.000000396. The van der Waals surface area contributed by atoms with E-state index in [2.05, 4.69) is 5.73 Å². The van der Waals surface area contributed by atoms with Crippen molar-refractivity contribution in [1.29, 1.82) is 0 Å². The average molecular weight is 183 g/mol. The minimum Gasteiger partial charge on any atom is -0.333 e. The Morgan fingerprint density at radius 1 is 1.08 bits per heavy atom. The van der Waals surface area contributed by atoms with Crippen LogP contribution in [0.3, 0.4) is 0 Å². The number of ketones is 1. The highest BCUT2D eigenvalue weighted by Crippen LogP contribution is 2.38. The molecule has 0 aromatic carbocycles. The summed E-state index contributed by atoms with van der Waals surface area (Å²) >= 11 is 0. The molecule has 2 nitrogen and oxygen atoms in total. The summed E-state index contributed by atoms with van der Waals surface area (Å²) in [6, 6.07) is 0. The van der Waals surface area contributed by atoms with Crippen LogP contribution in [0.5, 0.6) is 0 Å². The molecule has 0 saturated heterocycles. The lowest BCUT2D eigenvalue weighted by atomic mass is 9.70. The van der Waals surface area contributed by atoms with Crippen LogP contribution in [-0.4, -0.2) is 12.8 Å². The lowest BCUT2D eigenvalue weighted by Crippen LogP contribution is -2.30. The molecule has 2 N–H and O–H groups in total. The second kappa shape index (κ2) is 5.38. The molecular weight excluding hydrogens is 162 g/mol. The van der Waals surface area contributed by atoms with Gasteiger partial charge in [0.05, 0.1) is 0 Å². The molecule has 0 unspecified atom stereocenters. The topological polar surface area (TPSA) is 43.1 Å². The van der Waals surface area contributed by atoms with Crippen LogP contribution < -0.4 is 5.73 Å². The van der Waals surface area contributed by atoms with Crippen molar-refractivity contribution in [2.75, 3.05) is 7.05 Å². The van der Waals surface area contributed by atoms with Crippen LogP contribution in [0.1, 0.15) is 44.9 Å². The molecule has 0 amide bonds. The molecule has 0 aromatic rings. The largest absolute Gasteiger partial charge is 0.333 e. The molecule has 76 valence electrons. The van der Waals surface area contributed by atoms with E-state index < -0.39 is 0 Å². The van der Waals surface area contributed by atoms with Crippen LogP contribution in [-0.2, 0) is 4.79 Å². The number of Topliss-reactive ketones (excluding diaryl/α,β-unsaturated/α-hetero) is 1. The summed E-state index contributed by atoms with van der Waals surface area (Å²) in [6.07, 6.45) is 8.57. The Morgan fingerprint density at radius 2 is 1.69 bits per heavy atom. The van der Waals surface area contributed by atoms with Crippen molar-refractivity contribution >= 4 is 5.78 Å². The predicted molar refractivity (Wildman–Crippen MR) is 54.4 cm³/mol. The summed E-state index contributed by atoms with van der Waals surface area (Å²) in [7, 11) is 1.50. The lowest BCUT2D eigenvalue weighted by Gasteiger charge is -2.33. The van der Waals surface area contributed by atoms with Gasteiger partial charge in [0.25, 0.3) is 0 Å². The third kappa shape index (κ3) is 2.53. The van der Waals surface area contributed by atoms with Gasteiger partial charge in [-0.3, -0.25) is 4.79 Å². The van der Waals surface area contributed by atoms with Crippen molar-refractivity contribution < 1.29 is 4.79 Å². The maximum absolute atomic E-state index is 11.4. The number of carbonyl (C=O) groups excluding carboxylic acids is 1. The van der Waals surface area contributed by atoms with Gasteiger partial charge in [-0.05, 0) is 38.6 Å². The SMILES string of the molecule is CN.O=C1CCC[C@H]2CCCC[C@H]12. The normalized spacial score (nSPS) is 32.9. The highest BCUT2D eigenvalue weighted by Gasteiger charge is 2.32. The molecule has 2 saturated carbocycles. The lowest BCUT2D eigenvalue weighted by molar-refractivity contribution is -0.127. The molecule has 0 spiro atoms. The van der Waals surface area contributed by atoms with Crippen molar-refractivity contribution in [3.8, 4) is 0 Å². The fourth-order valence-electron chi connectivity index (χ4n) is 2.70. The van der Waals surface area contributed by atoms with Crippen LogP contribution in [0.2, 0.25) is 0 Å². The molecule has 2 aliphatic rings. The van der Waals surface area contributed by atoms with Gasteiger partial charge in [0, 0.05) is 12.3 Å². The van der Waals surface area contributed by atoms with E-state index in [1.54, 1.807) is 0 Å². The van der Waals surface area contributed by atoms with E-state index in [9.17, 15) is 4.79 Å². The summed E-state index contributed by atoms with van der Waals surface area (Å²) in [4.78, 5) is 11.4. The van der Waals surface area contributed by atoms with Gasteiger partial charge in [-0.15, -0.1) is 0 Å². The predicted octanol–water partition coefficient (Wildman–Crippen LogP) is 2.12. The number of hydrogen-bond donors (Lipinski definition) is 1. The molecule has 0 bridgehead atoms. The monoisotopic (exact) mass is 183 g/mol. The molecular formula is C11H21NO. The van der Waals surface area contributed by atoms with Crippen LogP contribution in [0.4, 0.5) is 0 Å². The molecule has 13 heavy (non-hydrogen) atoms. The molecule has 2 atom stereocenters. The number of nitrogens with two attached hydrogens (primary N) is 1. The third-order valence-corrected chi connectivity index (χ3v) is 3.32. The van der Waals surface area contributed by atoms with E-state index in [0.717, 1.165) is 12.3 Å². The Hall–Kier alpha value is -0.370. The minimum absolute atomic E-state index is 0.484. The van der Waals surface area contributed by atoms with Crippen molar-refractivity contribution in [2.24, 2.45) is 17.6 Å². The van der Waals surface area contributed by atoms with Crippen LogP contribution in [0.25, 0.3) is 0 Å². The summed E-state index contributed by atoms with van der Waals surface area (Å²) in [5.41, 5.74) is 4.50. The van der Waals surface area contributed by atoms with E-state index in [4.69, 9.17) is 0 Å². The van der Waals surface area contributed by atoms with E-state index in [1.807, 2.05) is 0 Å². The summed E-state index contributed by atoms with van der Waals surface area (Å²) in [6.45, 7) is 0. The highest BCUT2D eigenvalue weighted by molar-refractivity contribution is 5.82. The van der Waals surface area contributed by atoms with Crippen LogP contribution in [0.15, 0.2) is 0 Å². The zero-order valence-electron chi connectivity index (χ0n) is 8.59. The molecule has 0 aliphatic heterocycles. The smallest absolute Gasteiger partial charge is 0.136 e. The Bertz CT molecular complexity index is 165. The van der Waals surface area contributed by atoms with E-state index in [-0.39, 0.29) is 0 Å². The quantitative estimate of drug-likeness (QED) is 0.625. The maximum atomic E-state index is 11.4. The van der Waals surface area contributed by atoms with Gasteiger partial charge in [0.15, 0.2) is 0 Å². The maximum Gasteiger partial charge on any atom is 0.136 e. The number of rotatable bonds is 0. The molecule has 0 aromatic heterocycles. The van der Waals surface area contributed by atoms with E-state index in [0.29, 0.717) is 11.7 Å². The Morgan fingerprint density at radius 3 is 2.38 bits per heavy atom. The second-order valence-corrected chi connectivity index (χ2v) is 4.01. The summed E-state index contributed by atoms with van der Waals surface area (Å²) in [5, 5.41) is 0. The second-order valence-electron chi connectivity index (χ2n) is 4.01. The van der Waals surface area contributed by atoms with Crippen molar-refractivity contribution in [3.63, 3.8) is 0 Å². The molecule has 2 rings (SSSR count). The summed E-state index contributed by atoms with van der Waals surface area (Å²) in [5.74, 6) is 1.84. The Kier molecular flexibility index (Phi) is 4.43. The molecule has 2 aliphatic carbocycles. The van der Waals surface area contributed by atoms with Crippen molar-refractivity contribution in [2.45, 2.75) is 44.9 Å². The van der Waals surface area contributed by atoms with Gasteiger partial charge < -0.3 is 5.73 Å². The van der Waals surface area contributed by atoms with E-state index >= 15 is 0 Å². The number of fused-ring (bicyclic) bond motifs is 1. The first-order valence-electron chi connectivity index (χ1n) is 5.48. The first-order chi connectivity index (χ1) is 6.38.